The minimum Gasteiger partial charge on any atom is -0.350 e. The summed E-state index contributed by atoms with van der Waals surface area (Å²) in [7, 11) is 1.88. The van der Waals surface area contributed by atoms with E-state index in [9.17, 15) is 0 Å². The predicted molar refractivity (Wildman–Crippen MR) is 65.1 cm³/mol. The zero-order chi connectivity index (χ0) is 12.4. The van der Waals surface area contributed by atoms with Crippen LogP contribution in [0.2, 0.25) is 10.6 Å². The summed E-state index contributed by atoms with van der Waals surface area (Å²) in [5.41, 5.74) is 2.13. The molecule has 90 valence electrons. The third-order valence-electron chi connectivity index (χ3n) is 2.35. The van der Waals surface area contributed by atoms with Crippen molar-refractivity contribution >= 4 is 29.2 Å². The van der Waals surface area contributed by atoms with Crippen LogP contribution in [0.5, 0.6) is 0 Å². The average molecular weight is 273 g/mol. The van der Waals surface area contributed by atoms with Crippen molar-refractivity contribution in [3.05, 3.63) is 28.0 Å². The van der Waals surface area contributed by atoms with E-state index in [2.05, 4.69) is 25.4 Å². The molecule has 17 heavy (non-hydrogen) atoms. The van der Waals surface area contributed by atoms with Crippen molar-refractivity contribution in [3.63, 3.8) is 0 Å². The number of nitrogens with one attached hydrogen (secondary N) is 1. The van der Waals surface area contributed by atoms with E-state index in [-0.39, 0.29) is 10.6 Å². The molecule has 2 heterocycles. The van der Waals surface area contributed by atoms with Gasteiger partial charge in [0.2, 0.25) is 16.5 Å². The molecule has 0 spiro atoms. The number of anilines is 1. The number of halogens is 2. The van der Waals surface area contributed by atoms with Crippen molar-refractivity contribution < 1.29 is 0 Å². The van der Waals surface area contributed by atoms with Crippen LogP contribution in [0.3, 0.4) is 0 Å². The lowest BCUT2D eigenvalue weighted by atomic mass is 10.2. The highest BCUT2D eigenvalue weighted by atomic mass is 35.5. The molecule has 0 aliphatic heterocycles. The van der Waals surface area contributed by atoms with E-state index in [1.165, 1.54) is 0 Å². The van der Waals surface area contributed by atoms with E-state index in [0.29, 0.717) is 12.5 Å². The molecule has 0 bridgehead atoms. The van der Waals surface area contributed by atoms with Gasteiger partial charge in [-0.3, -0.25) is 4.68 Å². The highest BCUT2D eigenvalue weighted by Crippen LogP contribution is 2.12. The highest BCUT2D eigenvalue weighted by molar-refractivity contribution is 6.31. The second-order valence-electron chi connectivity index (χ2n) is 3.43. The number of nitrogens with zero attached hydrogens (tertiary/aromatic N) is 5. The molecule has 0 fully saturated rings. The number of aryl methyl sites for hydroxylation is 1. The van der Waals surface area contributed by atoms with Crippen molar-refractivity contribution in [2.45, 2.75) is 13.5 Å². The normalized spacial score (nSPS) is 10.6. The van der Waals surface area contributed by atoms with Gasteiger partial charge in [0, 0.05) is 24.8 Å². The minimum atomic E-state index is 0.0652. The molecule has 0 aliphatic rings. The molecule has 6 nitrogen and oxygen atoms in total. The second kappa shape index (κ2) is 4.85. The Morgan fingerprint density at radius 3 is 2.41 bits per heavy atom. The Balaban J connectivity index is 2.09. The van der Waals surface area contributed by atoms with E-state index < -0.39 is 0 Å². The first kappa shape index (κ1) is 12.1. The third-order valence-corrected chi connectivity index (χ3v) is 2.69. The Labute approximate surface area is 108 Å². The van der Waals surface area contributed by atoms with Crippen LogP contribution >= 0.6 is 23.2 Å². The molecule has 0 aromatic carbocycles. The summed E-state index contributed by atoms with van der Waals surface area (Å²) in [6.45, 7) is 2.54. The quantitative estimate of drug-likeness (QED) is 0.924. The molecular formula is C9H10Cl2N6. The lowest BCUT2D eigenvalue weighted by Crippen LogP contribution is -2.05. The maximum atomic E-state index is 5.66. The lowest BCUT2D eigenvalue weighted by Gasteiger charge is -2.04. The van der Waals surface area contributed by atoms with Gasteiger partial charge in [0.15, 0.2) is 0 Å². The molecule has 2 aromatic heterocycles. The first-order valence-corrected chi connectivity index (χ1v) is 5.60. The minimum absolute atomic E-state index is 0.0652. The van der Waals surface area contributed by atoms with E-state index in [1.807, 2.05) is 14.0 Å². The first-order chi connectivity index (χ1) is 8.06. The fourth-order valence-electron chi connectivity index (χ4n) is 1.30. The largest absolute Gasteiger partial charge is 0.350 e. The molecule has 0 saturated heterocycles. The average Bonchev–Trinajstić information content (AvgIpc) is 2.56. The topological polar surface area (TPSA) is 68.5 Å². The van der Waals surface area contributed by atoms with Gasteiger partial charge in [-0.15, -0.1) is 0 Å². The fraction of sp³-hybridized carbons (Fsp3) is 0.333. The standard InChI is InChI=1S/C9H10Cl2N6/c1-5-6(4-13-17(5)2)3-12-9-15-7(10)14-8(11)16-9/h4H,3H2,1-2H3,(H,12,14,15,16). The number of hydrogen-bond acceptors (Lipinski definition) is 5. The van der Waals surface area contributed by atoms with Crippen LogP contribution in [-0.2, 0) is 13.6 Å². The molecule has 2 aromatic rings. The van der Waals surface area contributed by atoms with Crippen molar-refractivity contribution in [1.29, 1.82) is 0 Å². The van der Waals surface area contributed by atoms with Gasteiger partial charge in [-0.1, -0.05) is 0 Å². The van der Waals surface area contributed by atoms with E-state index in [4.69, 9.17) is 23.2 Å². The summed E-state index contributed by atoms with van der Waals surface area (Å²) >= 11 is 11.3. The zero-order valence-corrected chi connectivity index (χ0v) is 10.8. The van der Waals surface area contributed by atoms with Gasteiger partial charge in [0.1, 0.15) is 0 Å². The van der Waals surface area contributed by atoms with Gasteiger partial charge in [0.05, 0.1) is 6.20 Å². The third kappa shape index (κ3) is 2.83. The first-order valence-electron chi connectivity index (χ1n) is 4.84. The highest BCUT2D eigenvalue weighted by Gasteiger charge is 2.06. The van der Waals surface area contributed by atoms with Gasteiger partial charge in [-0.05, 0) is 30.1 Å². The van der Waals surface area contributed by atoms with Crippen molar-refractivity contribution in [1.82, 2.24) is 24.7 Å². The van der Waals surface area contributed by atoms with E-state index in [1.54, 1.807) is 10.9 Å². The Morgan fingerprint density at radius 1 is 1.24 bits per heavy atom. The molecule has 2 rings (SSSR count). The summed E-state index contributed by atoms with van der Waals surface area (Å²) < 4.78 is 1.80. The van der Waals surface area contributed by atoms with Crippen LogP contribution in [0.1, 0.15) is 11.3 Å². The molecule has 0 atom stereocenters. The van der Waals surface area contributed by atoms with Crippen LogP contribution in [0.4, 0.5) is 5.95 Å². The Morgan fingerprint density at radius 2 is 1.88 bits per heavy atom. The summed E-state index contributed by atoms with van der Waals surface area (Å²) in [5, 5.41) is 7.28. The van der Waals surface area contributed by atoms with Crippen LogP contribution in [-0.4, -0.2) is 24.7 Å². The van der Waals surface area contributed by atoms with Gasteiger partial charge in [-0.25, -0.2) is 0 Å². The monoisotopic (exact) mass is 272 g/mol. The van der Waals surface area contributed by atoms with Crippen LogP contribution in [0.25, 0.3) is 0 Å². The molecule has 0 saturated carbocycles. The molecule has 0 amide bonds. The Bertz CT molecular complexity index is 518. The molecule has 0 aliphatic carbocycles. The predicted octanol–water partition coefficient (Wildman–Crippen LogP) is 1.83. The lowest BCUT2D eigenvalue weighted by molar-refractivity contribution is 0.738. The number of hydrogen-bond donors (Lipinski definition) is 1. The SMILES string of the molecule is Cc1c(CNc2nc(Cl)nc(Cl)n2)cnn1C. The Hall–Kier alpha value is -1.40. The van der Waals surface area contributed by atoms with Crippen LogP contribution in [0, 0.1) is 6.92 Å². The maximum absolute atomic E-state index is 5.66. The molecule has 8 heteroatoms. The fourth-order valence-corrected chi connectivity index (χ4v) is 1.66. The van der Waals surface area contributed by atoms with Gasteiger partial charge < -0.3 is 5.32 Å². The smallest absolute Gasteiger partial charge is 0.228 e. The molecule has 1 N–H and O–H groups in total. The van der Waals surface area contributed by atoms with Gasteiger partial charge in [0.25, 0.3) is 0 Å². The van der Waals surface area contributed by atoms with Crippen LogP contribution < -0.4 is 5.32 Å². The van der Waals surface area contributed by atoms with Gasteiger partial charge in [-0.2, -0.15) is 20.1 Å². The molecule has 0 radical (unpaired) electrons. The number of aromatic nitrogens is 5. The number of rotatable bonds is 3. The van der Waals surface area contributed by atoms with E-state index >= 15 is 0 Å². The maximum Gasteiger partial charge on any atom is 0.228 e. The van der Waals surface area contributed by atoms with Gasteiger partial charge >= 0.3 is 0 Å². The summed E-state index contributed by atoms with van der Waals surface area (Å²) in [4.78, 5) is 11.5. The summed E-state index contributed by atoms with van der Waals surface area (Å²) in [6, 6.07) is 0. The van der Waals surface area contributed by atoms with Crippen molar-refractivity contribution in [3.8, 4) is 0 Å². The van der Waals surface area contributed by atoms with Crippen LogP contribution in [0.15, 0.2) is 6.20 Å². The summed E-state index contributed by atoms with van der Waals surface area (Å²) in [6.07, 6.45) is 1.78. The summed E-state index contributed by atoms with van der Waals surface area (Å²) in [5.74, 6) is 0.346. The Kier molecular flexibility index (Phi) is 3.44. The molecular weight excluding hydrogens is 263 g/mol. The van der Waals surface area contributed by atoms with E-state index in [0.717, 1.165) is 11.3 Å². The molecule has 0 unspecified atom stereocenters. The van der Waals surface area contributed by atoms with Crippen molar-refractivity contribution in [2.24, 2.45) is 7.05 Å². The second-order valence-corrected chi connectivity index (χ2v) is 4.11. The zero-order valence-electron chi connectivity index (χ0n) is 9.28. The van der Waals surface area contributed by atoms with Crippen molar-refractivity contribution in [2.75, 3.05) is 5.32 Å².